The van der Waals surface area contributed by atoms with Crippen LogP contribution >= 0.6 is 0 Å². The number of nitrogens with zero attached hydrogens (tertiary/aromatic N) is 2. The molecule has 15 heavy (non-hydrogen) atoms. The zero-order valence-corrected chi connectivity index (χ0v) is 8.18. The number of aromatic nitrogens is 2. The zero-order valence-electron chi connectivity index (χ0n) is 8.18. The molecule has 1 aromatic carbocycles. The molecule has 0 saturated heterocycles. The van der Waals surface area contributed by atoms with Crippen molar-refractivity contribution in [2.45, 2.75) is 13.2 Å². The molecular weight excluding hydrogens is 188 g/mol. The summed E-state index contributed by atoms with van der Waals surface area (Å²) in [6.45, 7) is 1.25. The normalized spacial score (nSPS) is 13.9. The lowest BCUT2D eigenvalue weighted by molar-refractivity contribution is 0.133. The van der Waals surface area contributed by atoms with Crippen LogP contribution in [0.4, 0.5) is 0 Å². The minimum absolute atomic E-state index is 0.609. The highest BCUT2D eigenvalue weighted by Crippen LogP contribution is 2.20. The molecule has 3 heteroatoms. The first kappa shape index (κ1) is 8.56. The lowest BCUT2D eigenvalue weighted by atomic mass is 10.2. The molecule has 1 aromatic heterocycles. The third kappa shape index (κ3) is 1.51. The van der Waals surface area contributed by atoms with E-state index < -0.39 is 0 Å². The topological polar surface area (TPSA) is 35.0 Å². The molecule has 0 aliphatic carbocycles. The molecule has 0 radical (unpaired) electrons. The average molecular weight is 198 g/mol. The van der Waals surface area contributed by atoms with Gasteiger partial charge >= 0.3 is 0 Å². The number of hydrogen-bond donors (Lipinski definition) is 0. The Kier molecular flexibility index (Phi) is 1.96. The summed E-state index contributed by atoms with van der Waals surface area (Å²) in [6.07, 6.45) is 1.86. The summed E-state index contributed by atoms with van der Waals surface area (Å²) in [5.74, 6) is 0.778. The van der Waals surface area contributed by atoms with Crippen LogP contribution < -0.4 is 0 Å². The number of rotatable bonds is 1. The summed E-state index contributed by atoms with van der Waals surface area (Å²) in [5, 5.41) is 0. The van der Waals surface area contributed by atoms with E-state index in [1.54, 1.807) is 0 Å². The number of fused-ring (bicyclic) bond motifs is 1. The van der Waals surface area contributed by atoms with E-state index in [1.807, 2.05) is 36.5 Å². The Bertz CT molecular complexity index is 482. The van der Waals surface area contributed by atoms with Crippen LogP contribution in [0.3, 0.4) is 0 Å². The van der Waals surface area contributed by atoms with Gasteiger partial charge in [0.1, 0.15) is 0 Å². The third-order valence-electron chi connectivity index (χ3n) is 2.48. The summed E-state index contributed by atoms with van der Waals surface area (Å²) in [6, 6.07) is 9.99. The maximum atomic E-state index is 5.30. The summed E-state index contributed by atoms with van der Waals surface area (Å²) in [4.78, 5) is 8.82. The Morgan fingerprint density at radius 2 is 1.93 bits per heavy atom. The molecule has 1 aliphatic heterocycles. The van der Waals surface area contributed by atoms with Crippen molar-refractivity contribution in [3.63, 3.8) is 0 Å². The molecule has 0 saturated carbocycles. The fraction of sp³-hybridized carbons (Fsp3) is 0.167. The quantitative estimate of drug-likeness (QED) is 0.704. The van der Waals surface area contributed by atoms with Crippen molar-refractivity contribution in [1.82, 2.24) is 9.97 Å². The molecule has 0 atom stereocenters. The van der Waals surface area contributed by atoms with Gasteiger partial charge in [-0.3, -0.25) is 0 Å². The van der Waals surface area contributed by atoms with Crippen LogP contribution in [0.15, 0.2) is 36.5 Å². The van der Waals surface area contributed by atoms with E-state index >= 15 is 0 Å². The highest BCUT2D eigenvalue weighted by atomic mass is 16.5. The first-order valence-electron chi connectivity index (χ1n) is 4.91. The van der Waals surface area contributed by atoms with Gasteiger partial charge < -0.3 is 4.74 Å². The molecule has 0 N–H and O–H groups in total. The molecule has 1 aliphatic rings. The summed E-state index contributed by atoms with van der Waals surface area (Å²) in [7, 11) is 0. The van der Waals surface area contributed by atoms with Gasteiger partial charge in [-0.05, 0) is 0 Å². The Morgan fingerprint density at radius 3 is 2.80 bits per heavy atom. The van der Waals surface area contributed by atoms with Crippen molar-refractivity contribution in [2.24, 2.45) is 0 Å². The molecule has 3 nitrogen and oxygen atoms in total. The monoisotopic (exact) mass is 198 g/mol. The Labute approximate surface area is 87.8 Å². The Morgan fingerprint density at radius 1 is 1.07 bits per heavy atom. The number of hydrogen-bond acceptors (Lipinski definition) is 3. The molecular formula is C12H10N2O. The first-order chi connectivity index (χ1) is 7.43. The molecule has 0 fully saturated rings. The zero-order chi connectivity index (χ0) is 10.1. The summed E-state index contributed by atoms with van der Waals surface area (Å²) < 4.78 is 5.30. The minimum Gasteiger partial charge on any atom is -0.370 e. The van der Waals surface area contributed by atoms with Crippen LogP contribution in [0.2, 0.25) is 0 Å². The Hall–Kier alpha value is -1.74. The molecule has 3 rings (SSSR count). The van der Waals surface area contributed by atoms with Crippen molar-refractivity contribution in [1.29, 1.82) is 0 Å². The van der Waals surface area contributed by atoms with Gasteiger partial charge in [-0.1, -0.05) is 30.3 Å². The molecule has 0 amide bonds. The molecule has 0 bridgehead atoms. The van der Waals surface area contributed by atoms with Crippen LogP contribution in [0.25, 0.3) is 11.4 Å². The van der Waals surface area contributed by atoms with Crippen LogP contribution in [0, 0.1) is 0 Å². The largest absolute Gasteiger partial charge is 0.370 e. The number of benzene rings is 1. The first-order valence-corrected chi connectivity index (χ1v) is 4.91. The van der Waals surface area contributed by atoms with Crippen molar-refractivity contribution in [2.75, 3.05) is 0 Å². The highest BCUT2D eigenvalue weighted by Gasteiger charge is 2.14. The van der Waals surface area contributed by atoms with Gasteiger partial charge in [0.2, 0.25) is 0 Å². The maximum Gasteiger partial charge on any atom is 0.159 e. The van der Waals surface area contributed by atoms with Crippen molar-refractivity contribution < 1.29 is 4.74 Å². The molecule has 74 valence electrons. The van der Waals surface area contributed by atoms with Gasteiger partial charge in [0, 0.05) is 17.3 Å². The molecule has 2 heterocycles. The van der Waals surface area contributed by atoms with Crippen LogP contribution in [-0.2, 0) is 18.0 Å². The van der Waals surface area contributed by atoms with Crippen LogP contribution in [-0.4, -0.2) is 9.97 Å². The van der Waals surface area contributed by atoms with Crippen molar-refractivity contribution >= 4 is 0 Å². The van der Waals surface area contributed by atoms with Crippen LogP contribution in [0.5, 0.6) is 0 Å². The van der Waals surface area contributed by atoms with Gasteiger partial charge in [-0.15, -0.1) is 0 Å². The fourth-order valence-corrected chi connectivity index (χ4v) is 1.67. The van der Waals surface area contributed by atoms with Gasteiger partial charge in [-0.2, -0.15) is 0 Å². The lowest BCUT2D eigenvalue weighted by Gasteiger charge is -2.01. The smallest absolute Gasteiger partial charge is 0.159 e. The van der Waals surface area contributed by atoms with Gasteiger partial charge in [0.05, 0.1) is 18.9 Å². The standard InChI is InChI=1S/C12H10N2O/c1-2-4-9(5-3-1)12-13-6-10-7-15-8-11(10)14-12/h1-6H,7-8H2. The second-order valence-electron chi connectivity index (χ2n) is 3.52. The van der Waals surface area contributed by atoms with Gasteiger partial charge in [-0.25, -0.2) is 9.97 Å². The van der Waals surface area contributed by atoms with E-state index in [0.717, 1.165) is 22.6 Å². The minimum atomic E-state index is 0.609. The predicted octanol–water partition coefficient (Wildman–Crippen LogP) is 2.17. The van der Waals surface area contributed by atoms with E-state index in [0.29, 0.717) is 13.2 Å². The molecule has 0 spiro atoms. The summed E-state index contributed by atoms with van der Waals surface area (Å²) in [5.41, 5.74) is 3.17. The second kappa shape index (κ2) is 3.44. The van der Waals surface area contributed by atoms with Crippen molar-refractivity contribution in [3.8, 4) is 11.4 Å². The van der Waals surface area contributed by atoms with E-state index in [4.69, 9.17) is 4.74 Å². The Balaban J connectivity index is 2.07. The molecule has 0 unspecified atom stereocenters. The van der Waals surface area contributed by atoms with Gasteiger partial charge in [0.25, 0.3) is 0 Å². The second-order valence-corrected chi connectivity index (χ2v) is 3.52. The van der Waals surface area contributed by atoms with E-state index in [-0.39, 0.29) is 0 Å². The van der Waals surface area contributed by atoms with Crippen molar-refractivity contribution in [3.05, 3.63) is 47.8 Å². The third-order valence-corrected chi connectivity index (χ3v) is 2.48. The van der Waals surface area contributed by atoms with Crippen LogP contribution in [0.1, 0.15) is 11.3 Å². The molecule has 2 aromatic rings. The lowest BCUT2D eigenvalue weighted by Crippen LogP contribution is -1.94. The summed E-state index contributed by atoms with van der Waals surface area (Å²) >= 11 is 0. The van der Waals surface area contributed by atoms with E-state index in [2.05, 4.69) is 9.97 Å². The SMILES string of the molecule is c1ccc(-c2ncc3c(n2)COC3)cc1. The maximum absolute atomic E-state index is 5.30. The van der Waals surface area contributed by atoms with E-state index in [1.165, 1.54) is 0 Å². The number of ether oxygens (including phenoxy) is 1. The fourth-order valence-electron chi connectivity index (χ4n) is 1.67. The van der Waals surface area contributed by atoms with Gasteiger partial charge in [0.15, 0.2) is 5.82 Å². The van der Waals surface area contributed by atoms with E-state index in [9.17, 15) is 0 Å². The average Bonchev–Trinajstić information content (AvgIpc) is 2.77. The highest BCUT2D eigenvalue weighted by molar-refractivity contribution is 5.54. The predicted molar refractivity (Wildman–Crippen MR) is 56.0 cm³/mol.